The fourth-order valence-corrected chi connectivity index (χ4v) is 3.01. The van der Waals surface area contributed by atoms with E-state index in [2.05, 4.69) is 34.6 Å². The Bertz CT molecular complexity index is 390. The lowest BCUT2D eigenvalue weighted by Gasteiger charge is -2.18. The number of aliphatic imine (C=N–C) groups is 1. The van der Waals surface area contributed by atoms with Gasteiger partial charge in [-0.05, 0) is 39.9 Å². The van der Waals surface area contributed by atoms with Gasteiger partial charge in [0.2, 0.25) is 5.91 Å². The fourth-order valence-electron chi connectivity index (χ4n) is 3.01. The molecule has 2 N–H and O–H groups in total. The molecule has 1 heterocycles. The van der Waals surface area contributed by atoms with Crippen molar-refractivity contribution in [1.82, 2.24) is 20.4 Å². The summed E-state index contributed by atoms with van der Waals surface area (Å²) in [6.45, 7) is 5.71. The zero-order valence-corrected chi connectivity index (χ0v) is 18.8. The quantitative estimate of drug-likeness (QED) is 0.224. The third-order valence-corrected chi connectivity index (χ3v) is 4.48. The average Bonchev–Trinajstić information content (AvgIpc) is 3.03. The molecule has 1 aliphatic rings. The van der Waals surface area contributed by atoms with Crippen molar-refractivity contribution in [2.75, 3.05) is 47.3 Å². The highest BCUT2D eigenvalue weighted by Crippen LogP contribution is 2.10. The van der Waals surface area contributed by atoms with E-state index in [0.29, 0.717) is 12.5 Å². The molecule has 0 spiro atoms. The molecule has 0 radical (unpaired) electrons. The molecule has 0 bridgehead atoms. The summed E-state index contributed by atoms with van der Waals surface area (Å²) in [6, 6.07) is 0.317. The number of amides is 1. The van der Waals surface area contributed by atoms with E-state index in [1.807, 2.05) is 11.8 Å². The predicted molar refractivity (Wildman–Crippen MR) is 117 cm³/mol. The Morgan fingerprint density at radius 3 is 2.52 bits per heavy atom. The number of carbonyl (C=O) groups is 1. The summed E-state index contributed by atoms with van der Waals surface area (Å²) in [4.78, 5) is 20.2. The summed E-state index contributed by atoms with van der Waals surface area (Å²) >= 11 is 0. The summed E-state index contributed by atoms with van der Waals surface area (Å²) in [7, 11) is 6.06. The molecular weight excluding hydrogens is 429 g/mol. The van der Waals surface area contributed by atoms with Crippen LogP contribution in [0.5, 0.6) is 0 Å². The number of nitrogens with zero attached hydrogens (tertiary/aromatic N) is 3. The Morgan fingerprint density at radius 2 is 1.88 bits per heavy atom. The van der Waals surface area contributed by atoms with Crippen molar-refractivity contribution in [1.29, 1.82) is 0 Å². The number of hydrogen-bond acceptors (Lipinski definition) is 3. The van der Waals surface area contributed by atoms with Gasteiger partial charge in [-0.1, -0.05) is 26.2 Å². The zero-order valence-electron chi connectivity index (χ0n) is 16.5. The van der Waals surface area contributed by atoms with E-state index in [9.17, 15) is 4.79 Å². The normalized spacial score (nSPS) is 17.6. The zero-order chi connectivity index (χ0) is 17.8. The molecule has 1 aliphatic heterocycles. The third kappa shape index (κ3) is 10.9. The highest BCUT2D eigenvalue weighted by atomic mass is 127. The van der Waals surface area contributed by atoms with E-state index in [0.717, 1.165) is 32.0 Å². The number of unbranched alkanes of at least 4 members (excludes halogenated alkanes) is 4. The van der Waals surface area contributed by atoms with Gasteiger partial charge in [-0.3, -0.25) is 9.79 Å². The summed E-state index contributed by atoms with van der Waals surface area (Å²) in [5.41, 5.74) is 0. The Labute approximate surface area is 171 Å². The van der Waals surface area contributed by atoms with Crippen molar-refractivity contribution in [2.45, 2.75) is 57.9 Å². The van der Waals surface area contributed by atoms with Crippen LogP contribution in [0.2, 0.25) is 0 Å². The van der Waals surface area contributed by atoms with Crippen LogP contribution in [0.4, 0.5) is 0 Å². The van der Waals surface area contributed by atoms with Gasteiger partial charge in [-0.15, -0.1) is 24.0 Å². The van der Waals surface area contributed by atoms with Crippen LogP contribution in [-0.4, -0.2) is 75.0 Å². The maximum atomic E-state index is 11.7. The molecule has 1 amide bonds. The van der Waals surface area contributed by atoms with Gasteiger partial charge in [0, 0.05) is 39.1 Å². The molecule has 25 heavy (non-hydrogen) atoms. The SMILES string of the molecule is CCC(=O)N1CCC(NC(=NC)NCCCCCCCN(C)C)C1.I. The maximum absolute atomic E-state index is 11.7. The molecule has 6 nitrogen and oxygen atoms in total. The lowest BCUT2D eigenvalue weighted by Crippen LogP contribution is -2.45. The van der Waals surface area contributed by atoms with E-state index >= 15 is 0 Å². The first-order valence-electron chi connectivity index (χ1n) is 9.46. The minimum absolute atomic E-state index is 0. The molecule has 0 aromatic carbocycles. The number of nitrogens with one attached hydrogen (secondary N) is 2. The minimum atomic E-state index is 0. The lowest BCUT2D eigenvalue weighted by molar-refractivity contribution is -0.129. The Hall–Kier alpha value is -0.570. The number of carbonyl (C=O) groups excluding carboxylic acids is 1. The highest BCUT2D eigenvalue weighted by Gasteiger charge is 2.25. The first kappa shape index (κ1) is 24.4. The van der Waals surface area contributed by atoms with E-state index < -0.39 is 0 Å². The minimum Gasteiger partial charge on any atom is -0.356 e. The lowest BCUT2D eigenvalue weighted by atomic mass is 10.1. The number of rotatable bonds is 10. The number of halogens is 1. The highest BCUT2D eigenvalue weighted by molar-refractivity contribution is 14.0. The van der Waals surface area contributed by atoms with Crippen molar-refractivity contribution in [3.05, 3.63) is 0 Å². The number of hydrogen-bond donors (Lipinski definition) is 2. The van der Waals surface area contributed by atoms with Crippen molar-refractivity contribution in [3.8, 4) is 0 Å². The van der Waals surface area contributed by atoms with Gasteiger partial charge in [-0.2, -0.15) is 0 Å². The van der Waals surface area contributed by atoms with E-state index in [-0.39, 0.29) is 29.9 Å². The van der Waals surface area contributed by atoms with Gasteiger partial charge in [0.15, 0.2) is 5.96 Å². The summed E-state index contributed by atoms with van der Waals surface area (Å²) in [5, 5.41) is 6.83. The molecule has 148 valence electrons. The van der Waals surface area contributed by atoms with Crippen molar-refractivity contribution < 1.29 is 4.79 Å². The molecule has 0 aromatic rings. The van der Waals surface area contributed by atoms with Crippen LogP contribution in [-0.2, 0) is 4.79 Å². The standard InChI is InChI=1S/C18H37N5O.HI/c1-5-17(24)23-14-11-16(15-23)21-18(19-2)20-12-9-7-6-8-10-13-22(3)4;/h16H,5-15H2,1-4H3,(H2,19,20,21);1H. The Kier molecular flexibility index (Phi) is 14.3. The molecule has 7 heteroatoms. The fraction of sp³-hybridized carbons (Fsp3) is 0.889. The number of likely N-dealkylation sites (tertiary alicyclic amines) is 1. The second-order valence-electron chi connectivity index (χ2n) is 6.89. The van der Waals surface area contributed by atoms with Gasteiger partial charge >= 0.3 is 0 Å². The second-order valence-corrected chi connectivity index (χ2v) is 6.89. The molecule has 1 saturated heterocycles. The molecule has 0 aliphatic carbocycles. The maximum Gasteiger partial charge on any atom is 0.222 e. The van der Waals surface area contributed by atoms with Crippen LogP contribution >= 0.6 is 24.0 Å². The summed E-state index contributed by atoms with van der Waals surface area (Å²) in [5.74, 6) is 1.11. The second kappa shape index (κ2) is 14.6. The Morgan fingerprint density at radius 1 is 1.20 bits per heavy atom. The van der Waals surface area contributed by atoms with Gasteiger partial charge in [0.25, 0.3) is 0 Å². The van der Waals surface area contributed by atoms with Gasteiger partial charge in [0.1, 0.15) is 0 Å². The van der Waals surface area contributed by atoms with Crippen LogP contribution in [0.1, 0.15) is 51.9 Å². The van der Waals surface area contributed by atoms with E-state index in [1.54, 1.807) is 7.05 Å². The first-order valence-corrected chi connectivity index (χ1v) is 9.46. The third-order valence-electron chi connectivity index (χ3n) is 4.48. The molecule has 1 atom stereocenters. The average molecular weight is 467 g/mol. The molecule has 0 saturated carbocycles. The summed E-state index contributed by atoms with van der Waals surface area (Å²) < 4.78 is 0. The molecular formula is C18H38IN5O. The summed E-state index contributed by atoms with van der Waals surface area (Å²) in [6.07, 6.45) is 7.94. The molecule has 0 aromatic heterocycles. The van der Waals surface area contributed by atoms with E-state index in [4.69, 9.17) is 0 Å². The van der Waals surface area contributed by atoms with Crippen molar-refractivity contribution in [2.24, 2.45) is 4.99 Å². The largest absolute Gasteiger partial charge is 0.356 e. The molecule has 1 unspecified atom stereocenters. The smallest absolute Gasteiger partial charge is 0.222 e. The van der Waals surface area contributed by atoms with Gasteiger partial charge in [0.05, 0.1) is 0 Å². The van der Waals surface area contributed by atoms with Crippen LogP contribution in [0.25, 0.3) is 0 Å². The Balaban J connectivity index is 0.00000576. The molecule has 1 rings (SSSR count). The number of guanidine groups is 1. The first-order chi connectivity index (χ1) is 11.6. The monoisotopic (exact) mass is 467 g/mol. The van der Waals surface area contributed by atoms with Crippen LogP contribution in [0.15, 0.2) is 4.99 Å². The van der Waals surface area contributed by atoms with Crippen molar-refractivity contribution >= 4 is 35.8 Å². The van der Waals surface area contributed by atoms with Gasteiger partial charge in [-0.25, -0.2) is 0 Å². The van der Waals surface area contributed by atoms with Crippen LogP contribution < -0.4 is 10.6 Å². The van der Waals surface area contributed by atoms with E-state index in [1.165, 1.54) is 38.6 Å². The van der Waals surface area contributed by atoms with Crippen LogP contribution in [0, 0.1) is 0 Å². The van der Waals surface area contributed by atoms with Crippen molar-refractivity contribution in [3.63, 3.8) is 0 Å². The molecule has 1 fully saturated rings. The predicted octanol–water partition coefficient (Wildman–Crippen LogP) is 2.29. The topological polar surface area (TPSA) is 60.0 Å². The van der Waals surface area contributed by atoms with Gasteiger partial charge < -0.3 is 20.4 Å². The van der Waals surface area contributed by atoms with Crippen LogP contribution in [0.3, 0.4) is 0 Å².